The predicted molar refractivity (Wildman–Crippen MR) is 109 cm³/mol. The van der Waals surface area contributed by atoms with Gasteiger partial charge in [-0.05, 0) is 38.8 Å². The third-order valence-electron chi connectivity index (χ3n) is 3.03. The molecule has 0 unspecified atom stereocenters. The van der Waals surface area contributed by atoms with E-state index in [-0.39, 0.29) is 42.0 Å². The van der Waals surface area contributed by atoms with Gasteiger partial charge in [0.1, 0.15) is 5.75 Å². The number of rotatable bonds is 6. The highest BCUT2D eigenvalue weighted by Gasteiger charge is 2.13. The Labute approximate surface area is 161 Å². The van der Waals surface area contributed by atoms with Crippen molar-refractivity contribution in [2.75, 3.05) is 27.2 Å². The van der Waals surface area contributed by atoms with E-state index in [1.807, 2.05) is 45.0 Å². The molecule has 0 bridgehead atoms. The van der Waals surface area contributed by atoms with Crippen LogP contribution >= 0.6 is 24.0 Å². The summed E-state index contributed by atoms with van der Waals surface area (Å²) < 4.78 is 5.33. The van der Waals surface area contributed by atoms with Crippen molar-refractivity contribution >= 4 is 35.8 Å². The molecule has 136 valence electrons. The van der Waals surface area contributed by atoms with Crippen molar-refractivity contribution in [3.05, 3.63) is 29.8 Å². The number of ether oxygens (including phenoxy) is 1. The first-order chi connectivity index (χ1) is 10.9. The molecule has 0 aliphatic rings. The molecule has 1 rings (SSSR count). The van der Waals surface area contributed by atoms with Crippen molar-refractivity contribution in [1.82, 2.24) is 16.0 Å². The number of carbonyl (C=O) groups is 1. The van der Waals surface area contributed by atoms with Gasteiger partial charge in [0.25, 0.3) is 0 Å². The summed E-state index contributed by atoms with van der Waals surface area (Å²) in [6.07, 6.45) is 0.804. The summed E-state index contributed by atoms with van der Waals surface area (Å²) in [7, 11) is 3.35. The maximum atomic E-state index is 11.8. The van der Waals surface area contributed by atoms with Crippen LogP contribution in [0.1, 0.15) is 26.3 Å². The molecule has 0 spiro atoms. The zero-order valence-electron chi connectivity index (χ0n) is 15.1. The Morgan fingerprint density at radius 2 is 1.88 bits per heavy atom. The molecule has 0 heterocycles. The number of para-hydroxylation sites is 1. The van der Waals surface area contributed by atoms with E-state index >= 15 is 0 Å². The van der Waals surface area contributed by atoms with Crippen LogP contribution in [0.4, 0.5) is 0 Å². The van der Waals surface area contributed by atoms with Crippen molar-refractivity contribution in [3.8, 4) is 5.75 Å². The maximum absolute atomic E-state index is 11.8. The molecule has 0 aromatic heterocycles. The number of methoxy groups -OCH3 is 1. The van der Waals surface area contributed by atoms with Crippen LogP contribution in [0.3, 0.4) is 0 Å². The van der Waals surface area contributed by atoms with Crippen LogP contribution in [-0.4, -0.2) is 44.7 Å². The average molecular weight is 448 g/mol. The molecular weight excluding hydrogens is 419 g/mol. The van der Waals surface area contributed by atoms with Crippen LogP contribution in [0.2, 0.25) is 0 Å². The van der Waals surface area contributed by atoms with Crippen molar-refractivity contribution < 1.29 is 9.53 Å². The SMILES string of the molecule is CN=C(NCCc1ccccc1OC)NCC(=O)NC(C)(C)C.I. The molecule has 0 radical (unpaired) electrons. The molecule has 3 N–H and O–H groups in total. The number of guanidine groups is 1. The van der Waals surface area contributed by atoms with Gasteiger partial charge >= 0.3 is 0 Å². The lowest BCUT2D eigenvalue weighted by Crippen LogP contribution is -2.48. The second kappa shape index (κ2) is 11.1. The molecule has 1 aromatic rings. The number of aliphatic imine (C=N–C) groups is 1. The van der Waals surface area contributed by atoms with E-state index in [1.165, 1.54) is 0 Å². The van der Waals surface area contributed by atoms with E-state index in [1.54, 1.807) is 14.2 Å². The molecule has 6 nitrogen and oxygen atoms in total. The highest BCUT2D eigenvalue weighted by molar-refractivity contribution is 14.0. The van der Waals surface area contributed by atoms with Crippen molar-refractivity contribution in [3.63, 3.8) is 0 Å². The number of benzene rings is 1. The molecule has 0 fully saturated rings. The summed E-state index contributed by atoms with van der Waals surface area (Å²) in [6, 6.07) is 7.92. The average Bonchev–Trinajstić information content (AvgIpc) is 2.49. The second-order valence-corrected chi connectivity index (χ2v) is 6.21. The number of nitrogens with one attached hydrogen (secondary N) is 3. The summed E-state index contributed by atoms with van der Waals surface area (Å²) in [5.41, 5.74) is 0.892. The zero-order valence-corrected chi connectivity index (χ0v) is 17.4. The fourth-order valence-corrected chi connectivity index (χ4v) is 2.07. The first-order valence-corrected chi connectivity index (χ1v) is 7.73. The Balaban J connectivity index is 0.00000529. The quantitative estimate of drug-likeness (QED) is 0.353. The molecule has 24 heavy (non-hydrogen) atoms. The number of hydrogen-bond acceptors (Lipinski definition) is 3. The minimum Gasteiger partial charge on any atom is -0.496 e. The zero-order chi connectivity index (χ0) is 17.3. The van der Waals surface area contributed by atoms with E-state index in [9.17, 15) is 4.79 Å². The molecule has 0 aliphatic heterocycles. The standard InChI is InChI=1S/C17H28N4O2.HI/c1-17(2,3)21-15(22)12-20-16(18-4)19-11-10-13-8-6-7-9-14(13)23-5;/h6-9H,10-12H2,1-5H3,(H,21,22)(H2,18,19,20);1H. The topological polar surface area (TPSA) is 74.8 Å². The molecule has 1 amide bonds. The normalized spacial score (nSPS) is 11.3. The van der Waals surface area contributed by atoms with Gasteiger partial charge in [-0.3, -0.25) is 9.79 Å². The molecule has 1 aromatic carbocycles. The van der Waals surface area contributed by atoms with Crippen LogP contribution < -0.4 is 20.7 Å². The van der Waals surface area contributed by atoms with Crippen LogP contribution in [0.15, 0.2) is 29.3 Å². The van der Waals surface area contributed by atoms with E-state index < -0.39 is 0 Å². The van der Waals surface area contributed by atoms with Crippen LogP contribution in [0.25, 0.3) is 0 Å². The van der Waals surface area contributed by atoms with Gasteiger partial charge in [0.05, 0.1) is 13.7 Å². The second-order valence-electron chi connectivity index (χ2n) is 6.21. The minimum absolute atomic E-state index is 0. The van der Waals surface area contributed by atoms with Gasteiger partial charge in [0.15, 0.2) is 5.96 Å². The maximum Gasteiger partial charge on any atom is 0.239 e. The Kier molecular flexibility index (Phi) is 10.4. The largest absolute Gasteiger partial charge is 0.496 e. The van der Waals surface area contributed by atoms with Gasteiger partial charge < -0.3 is 20.7 Å². The van der Waals surface area contributed by atoms with Gasteiger partial charge in [-0.1, -0.05) is 18.2 Å². The lowest BCUT2D eigenvalue weighted by atomic mass is 10.1. The number of hydrogen-bond donors (Lipinski definition) is 3. The monoisotopic (exact) mass is 448 g/mol. The Morgan fingerprint density at radius 1 is 1.21 bits per heavy atom. The number of nitrogens with zero attached hydrogens (tertiary/aromatic N) is 1. The first kappa shape index (κ1) is 22.5. The van der Waals surface area contributed by atoms with Crippen molar-refractivity contribution in [2.45, 2.75) is 32.7 Å². The predicted octanol–water partition coefficient (Wildman–Crippen LogP) is 1.94. The van der Waals surface area contributed by atoms with E-state index in [0.717, 1.165) is 17.7 Å². The fraction of sp³-hybridized carbons (Fsp3) is 0.529. The van der Waals surface area contributed by atoms with E-state index in [0.29, 0.717) is 12.5 Å². The van der Waals surface area contributed by atoms with Crippen molar-refractivity contribution in [2.24, 2.45) is 4.99 Å². The minimum atomic E-state index is -0.237. The van der Waals surface area contributed by atoms with Crippen molar-refractivity contribution in [1.29, 1.82) is 0 Å². The molecular formula is C17H29IN4O2. The van der Waals surface area contributed by atoms with Crippen LogP contribution in [-0.2, 0) is 11.2 Å². The highest BCUT2D eigenvalue weighted by Crippen LogP contribution is 2.17. The third kappa shape index (κ3) is 8.95. The van der Waals surface area contributed by atoms with Gasteiger partial charge in [0.2, 0.25) is 5.91 Å². The molecule has 0 saturated carbocycles. The first-order valence-electron chi connectivity index (χ1n) is 7.73. The Bertz CT molecular complexity index is 542. The van der Waals surface area contributed by atoms with Gasteiger partial charge in [0, 0.05) is 19.1 Å². The van der Waals surface area contributed by atoms with Gasteiger partial charge in [-0.25, -0.2) is 0 Å². The van der Waals surface area contributed by atoms with E-state index in [4.69, 9.17) is 4.74 Å². The lowest BCUT2D eigenvalue weighted by Gasteiger charge is -2.21. The van der Waals surface area contributed by atoms with Crippen LogP contribution in [0.5, 0.6) is 5.75 Å². The smallest absolute Gasteiger partial charge is 0.239 e. The molecule has 0 saturated heterocycles. The summed E-state index contributed by atoms with van der Waals surface area (Å²) >= 11 is 0. The molecule has 7 heteroatoms. The number of amides is 1. The summed E-state index contributed by atoms with van der Waals surface area (Å²) in [4.78, 5) is 15.9. The summed E-state index contributed by atoms with van der Waals surface area (Å²) in [5.74, 6) is 1.41. The molecule has 0 atom stereocenters. The molecule has 0 aliphatic carbocycles. The lowest BCUT2D eigenvalue weighted by molar-refractivity contribution is -0.121. The highest BCUT2D eigenvalue weighted by atomic mass is 127. The summed E-state index contributed by atoms with van der Waals surface area (Å²) in [6.45, 7) is 6.73. The fourth-order valence-electron chi connectivity index (χ4n) is 2.07. The summed E-state index contributed by atoms with van der Waals surface area (Å²) in [5, 5.41) is 9.09. The Hall–Kier alpha value is -1.51. The Morgan fingerprint density at radius 3 is 2.46 bits per heavy atom. The number of halogens is 1. The van der Waals surface area contributed by atoms with Gasteiger partial charge in [-0.15, -0.1) is 24.0 Å². The van der Waals surface area contributed by atoms with Gasteiger partial charge in [-0.2, -0.15) is 0 Å². The third-order valence-corrected chi connectivity index (χ3v) is 3.03. The number of carbonyl (C=O) groups excluding carboxylic acids is 1. The van der Waals surface area contributed by atoms with Crippen LogP contribution in [0, 0.1) is 0 Å². The van der Waals surface area contributed by atoms with E-state index in [2.05, 4.69) is 20.9 Å².